The molecule has 0 amide bonds. The van der Waals surface area contributed by atoms with E-state index in [1.54, 1.807) is 0 Å². The zero-order valence-corrected chi connectivity index (χ0v) is 12.2. The van der Waals surface area contributed by atoms with E-state index in [1.807, 2.05) is 6.92 Å². The van der Waals surface area contributed by atoms with E-state index in [9.17, 15) is 0 Å². The van der Waals surface area contributed by atoms with Crippen LogP contribution in [0.3, 0.4) is 0 Å². The van der Waals surface area contributed by atoms with Crippen LogP contribution < -0.4 is 4.90 Å². The Morgan fingerprint density at radius 3 is 2.50 bits per heavy atom. The van der Waals surface area contributed by atoms with Crippen molar-refractivity contribution in [1.82, 2.24) is 15.1 Å². The maximum Gasteiger partial charge on any atom is 0.155 e. The van der Waals surface area contributed by atoms with E-state index in [0.717, 1.165) is 30.0 Å². The van der Waals surface area contributed by atoms with Gasteiger partial charge in [0.05, 0.1) is 0 Å². The Hall–Kier alpha value is -0.870. The van der Waals surface area contributed by atoms with Crippen LogP contribution in [0.5, 0.6) is 0 Å². The van der Waals surface area contributed by atoms with Gasteiger partial charge in [0.25, 0.3) is 0 Å². The van der Waals surface area contributed by atoms with Crippen molar-refractivity contribution < 1.29 is 0 Å². The van der Waals surface area contributed by atoms with Crippen molar-refractivity contribution in [1.29, 1.82) is 0 Å². The van der Waals surface area contributed by atoms with Crippen LogP contribution in [0.25, 0.3) is 0 Å². The minimum Gasteiger partial charge on any atom is -0.357 e. The largest absolute Gasteiger partial charge is 0.357 e. The fraction of sp³-hybridized carbons (Fsp3) is 0.692. The standard InChI is InChI=1S/C13H21ClN4/c1-10-11(2)13(16-15-12(10)14)17(3)8-9-18-6-4-5-7-18/h4-9H2,1-3H3. The van der Waals surface area contributed by atoms with Crippen molar-refractivity contribution in [3.63, 3.8) is 0 Å². The molecule has 0 spiro atoms. The highest BCUT2D eigenvalue weighted by Gasteiger charge is 2.15. The Morgan fingerprint density at radius 1 is 1.17 bits per heavy atom. The molecule has 100 valence electrons. The maximum atomic E-state index is 5.97. The molecule has 4 nitrogen and oxygen atoms in total. The Bertz CT molecular complexity index is 416. The summed E-state index contributed by atoms with van der Waals surface area (Å²) in [5.74, 6) is 0.941. The molecular weight excluding hydrogens is 248 g/mol. The van der Waals surface area contributed by atoms with Crippen molar-refractivity contribution in [3.8, 4) is 0 Å². The molecular formula is C13H21ClN4. The molecule has 0 bridgehead atoms. The van der Waals surface area contributed by atoms with Crippen LogP contribution >= 0.6 is 11.6 Å². The lowest BCUT2D eigenvalue weighted by Gasteiger charge is -2.23. The summed E-state index contributed by atoms with van der Waals surface area (Å²) in [6.45, 7) is 8.59. The number of halogens is 1. The third-order valence-corrected chi connectivity index (χ3v) is 4.11. The van der Waals surface area contributed by atoms with Crippen LogP contribution in [0.1, 0.15) is 24.0 Å². The average molecular weight is 269 g/mol. The Balaban J connectivity index is 1.99. The smallest absolute Gasteiger partial charge is 0.155 e. The molecule has 0 saturated carbocycles. The van der Waals surface area contributed by atoms with Crippen LogP contribution in [-0.2, 0) is 0 Å². The van der Waals surface area contributed by atoms with Gasteiger partial charge in [-0.2, -0.15) is 0 Å². The molecule has 1 saturated heterocycles. The summed E-state index contributed by atoms with van der Waals surface area (Å²) in [6.07, 6.45) is 2.67. The summed E-state index contributed by atoms with van der Waals surface area (Å²) >= 11 is 5.97. The summed E-state index contributed by atoms with van der Waals surface area (Å²) < 4.78 is 0. The molecule has 0 atom stereocenters. The predicted octanol–water partition coefficient (Wildman–Crippen LogP) is 2.28. The first-order valence-electron chi connectivity index (χ1n) is 6.52. The summed E-state index contributed by atoms with van der Waals surface area (Å²) in [4.78, 5) is 4.67. The summed E-state index contributed by atoms with van der Waals surface area (Å²) in [5, 5.41) is 8.71. The van der Waals surface area contributed by atoms with Crippen molar-refractivity contribution in [2.75, 3.05) is 38.1 Å². The van der Waals surface area contributed by atoms with Gasteiger partial charge in [0.1, 0.15) is 0 Å². The van der Waals surface area contributed by atoms with Gasteiger partial charge in [-0.1, -0.05) is 11.6 Å². The lowest BCUT2D eigenvalue weighted by Crippen LogP contribution is -2.32. The molecule has 1 aromatic rings. The van der Waals surface area contributed by atoms with E-state index in [2.05, 4.69) is 34.0 Å². The monoisotopic (exact) mass is 268 g/mol. The molecule has 0 N–H and O–H groups in total. The quantitative estimate of drug-likeness (QED) is 0.839. The highest BCUT2D eigenvalue weighted by molar-refractivity contribution is 6.30. The van der Waals surface area contributed by atoms with Gasteiger partial charge in [-0.3, -0.25) is 0 Å². The average Bonchev–Trinajstić information content (AvgIpc) is 2.86. The van der Waals surface area contributed by atoms with Crippen LogP contribution in [0.15, 0.2) is 0 Å². The molecule has 5 heteroatoms. The van der Waals surface area contributed by atoms with E-state index >= 15 is 0 Å². The predicted molar refractivity (Wildman–Crippen MR) is 75.5 cm³/mol. The molecule has 2 heterocycles. The first-order valence-corrected chi connectivity index (χ1v) is 6.90. The molecule has 0 aliphatic carbocycles. The molecule has 1 aliphatic heterocycles. The fourth-order valence-corrected chi connectivity index (χ4v) is 2.51. The molecule has 0 unspecified atom stereocenters. The highest BCUT2D eigenvalue weighted by atomic mass is 35.5. The number of hydrogen-bond acceptors (Lipinski definition) is 4. The van der Waals surface area contributed by atoms with Crippen LogP contribution in [0.2, 0.25) is 5.15 Å². The SMILES string of the molecule is Cc1c(Cl)nnc(N(C)CCN2CCCC2)c1C. The third kappa shape index (κ3) is 2.93. The minimum absolute atomic E-state index is 0.504. The number of aromatic nitrogens is 2. The third-order valence-electron chi connectivity index (χ3n) is 3.75. The van der Waals surface area contributed by atoms with Gasteiger partial charge < -0.3 is 9.80 Å². The number of anilines is 1. The van der Waals surface area contributed by atoms with Crippen LogP contribution in [-0.4, -0.2) is 48.3 Å². The molecule has 1 aliphatic rings. The topological polar surface area (TPSA) is 32.3 Å². The van der Waals surface area contributed by atoms with Crippen LogP contribution in [0.4, 0.5) is 5.82 Å². The Morgan fingerprint density at radius 2 is 1.83 bits per heavy atom. The van der Waals surface area contributed by atoms with Crippen molar-refractivity contribution in [2.24, 2.45) is 0 Å². The molecule has 1 aromatic heterocycles. The number of hydrogen-bond donors (Lipinski definition) is 0. The zero-order valence-electron chi connectivity index (χ0n) is 11.4. The van der Waals surface area contributed by atoms with Gasteiger partial charge >= 0.3 is 0 Å². The maximum absolute atomic E-state index is 5.97. The summed E-state index contributed by atoms with van der Waals surface area (Å²) in [5.41, 5.74) is 2.15. The lowest BCUT2D eigenvalue weighted by molar-refractivity contribution is 0.346. The molecule has 18 heavy (non-hydrogen) atoms. The first kappa shape index (κ1) is 13.6. The lowest BCUT2D eigenvalue weighted by atomic mass is 10.2. The first-order chi connectivity index (χ1) is 8.59. The van der Waals surface area contributed by atoms with E-state index < -0.39 is 0 Å². The van der Waals surface area contributed by atoms with Gasteiger partial charge in [-0.05, 0) is 50.9 Å². The van der Waals surface area contributed by atoms with E-state index in [1.165, 1.54) is 25.9 Å². The number of rotatable bonds is 4. The van der Waals surface area contributed by atoms with Gasteiger partial charge in [-0.15, -0.1) is 10.2 Å². The second-order valence-electron chi connectivity index (χ2n) is 5.03. The molecule has 1 fully saturated rings. The second kappa shape index (κ2) is 5.85. The van der Waals surface area contributed by atoms with Crippen LogP contribution in [0, 0.1) is 13.8 Å². The number of nitrogens with zero attached hydrogens (tertiary/aromatic N) is 4. The molecule has 0 aromatic carbocycles. The van der Waals surface area contributed by atoms with Gasteiger partial charge in [0, 0.05) is 20.1 Å². The van der Waals surface area contributed by atoms with Gasteiger partial charge in [0.2, 0.25) is 0 Å². The number of likely N-dealkylation sites (tertiary alicyclic amines) is 1. The van der Waals surface area contributed by atoms with Gasteiger partial charge in [0.15, 0.2) is 11.0 Å². The van der Waals surface area contributed by atoms with E-state index in [0.29, 0.717) is 5.15 Å². The summed E-state index contributed by atoms with van der Waals surface area (Å²) in [7, 11) is 2.07. The molecule has 2 rings (SSSR count). The zero-order chi connectivity index (χ0) is 13.1. The second-order valence-corrected chi connectivity index (χ2v) is 5.39. The Kier molecular flexibility index (Phi) is 4.40. The normalized spacial score (nSPS) is 16.2. The van der Waals surface area contributed by atoms with Crippen molar-refractivity contribution in [2.45, 2.75) is 26.7 Å². The molecule has 0 radical (unpaired) electrons. The van der Waals surface area contributed by atoms with E-state index in [-0.39, 0.29) is 0 Å². The van der Waals surface area contributed by atoms with Gasteiger partial charge in [-0.25, -0.2) is 0 Å². The number of likely N-dealkylation sites (N-methyl/N-ethyl adjacent to an activating group) is 1. The van der Waals surface area contributed by atoms with Crippen molar-refractivity contribution >= 4 is 17.4 Å². The summed E-state index contributed by atoms with van der Waals surface area (Å²) in [6, 6.07) is 0. The minimum atomic E-state index is 0.504. The fourth-order valence-electron chi connectivity index (χ4n) is 2.33. The van der Waals surface area contributed by atoms with Crippen molar-refractivity contribution in [3.05, 3.63) is 16.3 Å². The Labute approximate surface area is 114 Å². The van der Waals surface area contributed by atoms with E-state index in [4.69, 9.17) is 11.6 Å². The highest BCUT2D eigenvalue weighted by Crippen LogP contribution is 2.22.